The molecule has 0 aromatic heterocycles. The highest BCUT2D eigenvalue weighted by Crippen LogP contribution is 2.38. The molecule has 2 N–H and O–H groups in total. The first-order valence-electron chi connectivity index (χ1n) is 4.28. The Bertz CT molecular complexity index is 214. The number of rotatable bonds is 5. The maximum Gasteiger partial charge on any atom is 0.375 e. The number of halogens is 2. The van der Waals surface area contributed by atoms with Gasteiger partial charge in [-0.25, -0.2) is 4.79 Å². The van der Waals surface area contributed by atoms with Gasteiger partial charge in [0.1, 0.15) is 0 Å². The van der Waals surface area contributed by atoms with Gasteiger partial charge in [-0.1, -0.05) is 6.92 Å². The quantitative estimate of drug-likeness (QED) is 0.690. The molecule has 1 aliphatic carbocycles. The van der Waals surface area contributed by atoms with Crippen LogP contribution in [0.5, 0.6) is 0 Å². The topological polar surface area (TPSA) is 49.3 Å². The normalized spacial score (nSPS) is 19.9. The molecular formula is C8H13F2NO2. The van der Waals surface area contributed by atoms with Gasteiger partial charge in [0.15, 0.2) is 0 Å². The van der Waals surface area contributed by atoms with Crippen molar-refractivity contribution >= 4 is 5.97 Å². The highest BCUT2D eigenvalue weighted by Gasteiger charge is 2.45. The monoisotopic (exact) mass is 193 g/mol. The molecule has 0 spiro atoms. The van der Waals surface area contributed by atoms with Crippen molar-refractivity contribution in [1.29, 1.82) is 0 Å². The fourth-order valence-corrected chi connectivity index (χ4v) is 1.18. The Morgan fingerprint density at radius 1 is 1.62 bits per heavy atom. The van der Waals surface area contributed by atoms with Crippen LogP contribution in [0.25, 0.3) is 0 Å². The molecule has 0 amide bonds. The van der Waals surface area contributed by atoms with E-state index >= 15 is 0 Å². The Balaban J connectivity index is 2.37. The van der Waals surface area contributed by atoms with Crippen molar-refractivity contribution < 1.29 is 18.7 Å². The Morgan fingerprint density at radius 2 is 2.15 bits per heavy atom. The predicted octanol–water partition coefficient (Wildman–Crippen LogP) is 1.24. The van der Waals surface area contributed by atoms with E-state index < -0.39 is 18.4 Å². The van der Waals surface area contributed by atoms with E-state index in [-0.39, 0.29) is 5.54 Å². The van der Waals surface area contributed by atoms with Crippen molar-refractivity contribution in [1.82, 2.24) is 5.32 Å². The van der Waals surface area contributed by atoms with Crippen LogP contribution in [-0.2, 0) is 4.79 Å². The minimum Gasteiger partial charge on any atom is -0.477 e. The van der Waals surface area contributed by atoms with Crippen molar-refractivity contribution in [3.05, 3.63) is 0 Å². The van der Waals surface area contributed by atoms with Crippen LogP contribution in [0, 0.1) is 0 Å². The lowest BCUT2D eigenvalue weighted by molar-refractivity contribution is -0.164. The lowest BCUT2D eigenvalue weighted by Crippen LogP contribution is -2.44. The van der Waals surface area contributed by atoms with Crippen LogP contribution in [0.4, 0.5) is 8.78 Å². The Labute approximate surface area is 75.1 Å². The lowest BCUT2D eigenvalue weighted by Gasteiger charge is -2.18. The van der Waals surface area contributed by atoms with Gasteiger partial charge in [-0.2, -0.15) is 8.78 Å². The summed E-state index contributed by atoms with van der Waals surface area (Å²) in [4.78, 5) is 10.1. The van der Waals surface area contributed by atoms with Crippen LogP contribution < -0.4 is 5.32 Å². The number of carboxylic acid groups (broad SMARTS) is 1. The number of aliphatic carboxylic acids is 1. The average Bonchev–Trinajstić information content (AvgIpc) is 2.81. The van der Waals surface area contributed by atoms with Crippen molar-refractivity contribution in [2.45, 2.75) is 37.6 Å². The molecule has 3 nitrogen and oxygen atoms in total. The van der Waals surface area contributed by atoms with Crippen LogP contribution in [0.1, 0.15) is 26.2 Å². The average molecular weight is 193 g/mol. The fourth-order valence-electron chi connectivity index (χ4n) is 1.18. The van der Waals surface area contributed by atoms with Crippen LogP contribution >= 0.6 is 0 Å². The first-order valence-corrected chi connectivity index (χ1v) is 4.28. The van der Waals surface area contributed by atoms with Gasteiger partial charge >= 0.3 is 11.9 Å². The summed E-state index contributed by atoms with van der Waals surface area (Å²) >= 11 is 0. The van der Waals surface area contributed by atoms with Gasteiger partial charge in [-0.15, -0.1) is 0 Å². The summed E-state index contributed by atoms with van der Waals surface area (Å²) in [6.45, 7) is 1.13. The summed E-state index contributed by atoms with van der Waals surface area (Å²) in [5.74, 6) is -5.71. The molecule has 0 saturated heterocycles. The molecule has 1 aliphatic rings. The maximum atomic E-state index is 12.6. The maximum absolute atomic E-state index is 12.6. The Kier molecular flexibility index (Phi) is 2.56. The molecule has 0 aromatic rings. The fraction of sp³-hybridized carbons (Fsp3) is 0.875. The van der Waals surface area contributed by atoms with E-state index in [0.717, 1.165) is 19.3 Å². The third-order valence-corrected chi connectivity index (χ3v) is 2.53. The highest BCUT2D eigenvalue weighted by molar-refractivity contribution is 5.75. The molecule has 0 atom stereocenters. The van der Waals surface area contributed by atoms with E-state index in [2.05, 4.69) is 5.32 Å². The number of carbonyl (C=O) groups is 1. The van der Waals surface area contributed by atoms with Gasteiger partial charge in [0.25, 0.3) is 0 Å². The van der Waals surface area contributed by atoms with Gasteiger partial charge in [0.05, 0.1) is 6.54 Å². The molecule has 0 bridgehead atoms. The zero-order valence-corrected chi connectivity index (χ0v) is 7.44. The predicted molar refractivity (Wildman–Crippen MR) is 42.8 cm³/mol. The van der Waals surface area contributed by atoms with Gasteiger partial charge in [0.2, 0.25) is 0 Å². The zero-order chi connectivity index (χ0) is 10.1. The molecule has 76 valence electrons. The second kappa shape index (κ2) is 3.21. The third kappa shape index (κ3) is 2.37. The number of hydrogen-bond acceptors (Lipinski definition) is 2. The van der Waals surface area contributed by atoms with Crippen molar-refractivity contribution in [3.8, 4) is 0 Å². The molecule has 1 rings (SSSR count). The summed E-state index contributed by atoms with van der Waals surface area (Å²) in [5, 5.41) is 10.8. The van der Waals surface area contributed by atoms with E-state index in [4.69, 9.17) is 5.11 Å². The lowest BCUT2D eigenvalue weighted by atomic mass is 10.2. The molecule has 0 aliphatic heterocycles. The molecule has 13 heavy (non-hydrogen) atoms. The molecule has 0 radical (unpaired) electrons. The van der Waals surface area contributed by atoms with Gasteiger partial charge < -0.3 is 10.4 Å². The summed E-state index contributed by atoms with van der Waals surface area (Å²) in [7, 11) is 0. The summed E-state index contributed by atoms with van der Waals surface area (Å²) in [6, 6.07) is 0. The van der Waals surface area contributed by atoms with E-state index in [1.807, 2.05) is 6.92 Å². The Hall–Kier alpha value is -0.710. The van der Waals surface area contributed by atoms with Crippen molar-refractivity contribution in [2.24, 2.45) is 0 Å². The number of hydrogen-bond donors (Lipinski definition) is 2. The minimum absolute atomic E-state index is 0.209. The standard InChI is InChI=1S/C8H13F2NO2/c1-2-7(3-4-7)11-5-8(9,10)6(12)13/h11H,2-5H2,1H3,(H,12,13). The summed E-state index contributed by atoms with van der Waals surface area (Å²) < 4.78 is 25.2. The minimum atomic E-state index is -3.65. The first-order chi connectivity index (χ1) is 5.92. The van der Waals surface area contributed by atoms with Crippen molar-refractivity contribution in [2.75, 3.05) is 6.54 Å². The molecular weight excluding hydrogens is 180 g/mol. The molecule has 0 heterocycles. The van der Waals surface area contributed by atoms with Crippen LogP contribution in [-0.4, -0.2) is 29.1 Å². The van der Waals surface area contributed by atoms with E-state index in [9.17, 15) is 13.6 Å². The van der Waals surface area contributed by atoms with Crippen molar-refractivity contribution in [3.63, 3.8) is 0 Å². The number of carboxylic acids is 1. The molecule has 1 fully saturated rings. The second-order valence-electron chi connectivity index (χ2n) is 3.50. The summed E-state index contributed by atoms with van der Waals surface area (Å²) in [5.41, 5.74) is -0.209. The number of alkyl halides is 2. The molecule has 0 aromatic carbocycles. The smallest absolute Gasteiger partial charge is 0.375 e. The largest absolute Gasteiger partial charge is 0.477 e. The Morgan fingerprint density at radius 3 is 2.46 bits per heavy atom. The molecule has 5 heteroatoms. The van der Waals surface area contributed by atoms with Crippen LogP contribution in [0.15, 0.2) is 0 Å². The zero-order valence-electron chi connectivity index (χ0n) is 7.44. The van der Waals surface area contributed by atoms with Gasteiger partial charge in [-0.05, 0) is 19.3 Å². The molecule has 1 saturated carbocycles. The van der Waals surface area contributed by atoms with E-state index in [1.165, 1.54) is 0 Å². The third-order valence-electron chi connectivity index (χ3n) is 2.53. The first kappa shape index (κ1) is 10.4. The van der Waals surface area contributed by atoms with E-state index in [1.54, 1.807) is 0 Å². The SMILES string of the molecule is CCC1(NCC(F)(F)C(=O)O)CC1. The highest BCUT2D eigenvalue weighted by atomic mass is 19.3. The number of nitrogens with one attached hydrogen (secondary N) is 1. The van der Waals surface area contributed by atoms with Crippen LogP contribution in [0.3, 0.4) is 0 Å². The summed E-state index contributed by atoms with van der Waals surface area (Å²) in [6.07, 6.45) is 2.49. The van der Waals surface area contributed by atoms with Gasteiger partial charge in [-0.3, -0.25) is 0 Å². The second-order valence-corrected chi connectivity index (χ2v) is 3.50. The van der Waals surface area contributed by atoms with Gasteiger partial charge in [0, 0.05) is 5.54 Å². The van der Waals surface area contributed by atoms with E-state index in [0.29, 0.717) is 0 Å². The van der Waals surface area contributed by atoms with Crippen LogP contribution in [0.2, 0.25) is 0 Å². The molecule has 0 unspecified atom stereocenters.